The molecule has 0 bridgehead atoms. The first-order chi connectivity index (χ1) is 6.72. The third-order valence-corrected chi connectivity index (χ3v) is 2.76. The number of nitrogens with two attached hydrogens (primary N) is 1. The number of hydrogen-bond acceptors (Lipinski definition) is 2. The largest absolute Gasteiger partial charge is 0.399 e. The summed E-state index contributed by atoms with van der Waals surface area (Å²) in [6, 6.07) is 5.59. The Morgan fingerprint density at radius 1 is 1.57 bits per heavy atom. The molecule has 0 radical (unpaired) electrons. The molecule has 1 aliphatic heterocycles. The van der Waals surface area contributed by atoms with Gasteiger partial charge in [0.05, 0.1) is 0 Å². The van der Waals surface area contributed by atoms with E-state index in [1.54, 1.807) is 6.07 Å². The maximum absolute atomic E-state index is 11.5. The molecule has 0 saturated heterocycles. The van der Waals surface area contributed by atoms with E-state index in [0.717, 1.165) is 24.1 Å². The molecule has 3 N–H and O–H groups in total. The molecular weight excluding hydrogens is 176 g/mol. The molecule has 1 amide bonds. The van der Waals surface area contributed by atoms with E-state index in [-0.39, 0.29) is 5.91 Å². The van der Waals surface area contributed by atoms with Crippen molar-refractivity contribution in [3.63, 3.8) is 0 Å². The highest BCUT2D eigenvalue weighted by Gasteiger charge is 2.23. The van der Waals surface area contributed by atoms with Crippen LogP contribution in [0.4, 0.5) is 5.69 Å². The Balaban J connectivity index is 2.51. The quantitative estimate of drug-likeness (QED) is 0.659. The van der Waals surface area contributed by atoms with Crippen molar-refractivity contribution in [2.24, 2.45) is 0 Å². The summed E-state index contributed by atoms with van der Waals surface area (Å²) in [6.45, 7) is 2.87. The van der Waals surface area contributed by atoms with Gasteiger partial charge in [-0.05, 0) is 24.1 Å². The number of carbonyl (C=O) groups excluding carboxylic acids is 1. The summed E-state index contributed by atoms with van der Waals surface area (Å²) in [5, 5.41) is 2.87. The number of carbonyl (C=O) groups is 1. The predicted molar refractivity (Wildman–Crippen MR) is 56.2 cm³/mol. The van der Waals surface area contributed by atoms with E-state index in [4.69, 9.17) is 5.73 Å². The lowest BCUT2D eigenvalue weighted by Crippen LogP contribution is -2.34. The smallest absolute Gasteiger partial charge is 0.251 e. The van der Waals surface area contributed by atoms with Crippen LogP contribution in [0.15, 0.2) is 18.2 Å². The molecule has 1 heterocycles. The third kappa shape index (κ3) is 1.35. The van der Waals surface area contributed by atoms with E-state index in [0.29, 0.717) is 11.6 Å². The maximum Gasteiger partial charge on any atom is 0.251 e. The van der Waals surface area contributed by atoms with Crippen LogP contribution in [0.3, 0.4) is 0 Å². The lowest BCUT2D eigenvalue weighted by Gasteiger charge is -2.24. The molecule has 2 rings (SSSR count). The minimum atomic E-state index is -0.00278. The van der Waals surface area contributed by atoms with Gasteiger partial charge < -0.3 is 11.1 Å². The van der Waals surface area contributed by atoms with Crippen molar-refractivity contribution in [1.82, 2.24) is 5.32 Å². The summed E-state index contributed by atoms with van der Waals surface area (Å²) >= 11 is 0. The maximum atomic E-state index is 11.5. The van der Waals surface area contributed by atoms with Gasteiger partial charge in [-0.2, -0.15) is 0 Å². The molecule has 1 aromatic carbocycles. The molecular formula is C11H14N2O. The van der Waals surface area contributed by atoms with Gasteiger partial charge >= 0.3 is 0 Å². The molecule has 1 atom stereocenters. The van der Waals surface area contributed by atoms with Crippen molar-refractivity contribution < 1.29 is 4.79 Å². The Morgan fingerprint density at radius 3 is 3.07 bits per heavy atom. The minimum absolute atomic E-state index is 0.00278. The number of fused-ring (bicyclic) bond motifs is 1. The number of amides is 1. The Labute approximate surface area is 83.3 Å². The fourth-order valence-corrected chi connectivity index (χ4v) is 1.91. The molecule has 14 heavy (non-hydrogen) atoms. The second-order valence-electron chi connectivity index (χ2n) is 3.66. The van der Waals surface area contributed by atoms with Crippen LogP contribution in [0.2, 0.25) is 0 Å². The molecule has 0 saturated carbocycles. The highest BCUT2D eigenvalue weighted by atomic mass is 16.1. The number of nitrogen functional groups attached to an aromatic ring is 1. The lowest BCUT2D eigenvalue weighted by atomic mass is 9.88. The standard InChI is InChI=1S/C11H14N2O/c1-2-7-6-13-11(14)10-5-8(12)3-4-9(7)10/h3-5,7H,2,6,12H2,1H3,(H,13,14)/t7-/m1/s1. The van der Waals surface area contributed by atoms with Gasteiger partial charge in [0.25, 0.3) is 5.91 Å². The van der Waals surface area contributed by atoms with Crippen molar-refractivity contribution in [3.8, 4) is 0 Å². The summed E-state index contributed by atoms with van der Waals surface area (Å²) in [5.41, 5.74) is 8.17. The highest BCUT2D eigenvalue weighted by Crippen LogP contribution is 2.27. The molecule has 0 unspecified atom stereocenters. The van der Waals surface area contributed by atoms with Gasteiger partial charge in [0.15, 0.2) is 0 Å². The third-order valence-electron chi connectivity index (χ3n) is 2.76. The van der Waals surface area contributed by atoms with E-state index in [2.05, 4.69) is 12.2 Å². The number of rotatable bonds is 1. The molecule has 3 heteroatoms. The van der Waals surface area contributed by atoms with Crippen LogP contribution >= 0.6 is 0 Å². The Bertz CT molecular complexity index is 374. The van der Waals surface area contributed by atoms with E-state index in [1.807, 2.05) is 12.1 Å². The number of anilines is 1. The van der Waals surface area contributed by atoms with Crippen LogP contribution in [-0.2, 0) is 0 Å². The summed E-state index contributed by atoms with van der Waals surface area (Å²) < 4.78 is 0. The van der Waals surface area contributed by atoms with Crippen molar-refractivity contribution in [2.45, 2.75) is 19.3 Å². The zero-order valence-corrected chi connectivity index (χ0v) is 8.21. The number of hydrogen-bond donors (Lipinski definition) is 2. The summed E-state index contributed by atoms with van der Waals surface area (Å²) in [5.74, 6) is 0.431. The van der Waals surface area contributed by atoms with Gasteiger partial charge in [-0.1, -0.05) is 13.0 Å². The van der Waals surface area contributed by atoms with Crippen molar-refractivity contribution in [2.75, 3.05) is 12.3 Å². The molecule has 1 aliphatic rings. The molecule has 3 nitrogen and oxygen atoms in total. The van der Waals surface area contributed by atoms with Crippen LogP contribution in [0.1, 0.15) is 35.2 Å². The van der Waals surface area contributed by atoms with Crippen molar-refractivity contribution >= 4 is 11.6 Å². The van der Waals surface area contributed by atoms with Crippen LogP contribution in [0, 0.1) is 0 Å². The molecule has 1 aromatic rings. The van der Waals surface area contributed by atoms with Crippen LogP contribution in [0.25, 0.3) is 0 Å². The SMILES string of the molecule is CC[C@@H]1CNC(=O)c2cc(N)ccc21. The summed E-state index contributed by atoms with van der Waals surface area (Å²) in [7, 11) is 0. The molecule has 0 aliphatic carbocycles. The topological polar surface area (TPSA) is 55.1 Å². The first-order valence-electron chi connectivity index (χ1n) is 4.90. The summed E-state index contributed by atoms with van der Waals surface area (Å²) in [4.78, 5) is 11.5. The van der Waals surface area contributed by atoms with E-state index >= 15 is 0 Å². The van der Waals surface area contributed by atoms with Gasteiger partial charge in [0.2, 0.25) is 0 Å². The normalized spacial score (nSPS) is 20.1. The fourth-order valence-electron chi connectivity index (χ4n) is 1.91. The van der Waals surface area contributed by atoms with Crippen LogP contribution in [0.5, 0.6) is 0 Å². The second kappa shape index (κ2) is 3.33. The van der Waals surface area contributed by atoms with Crippen LogP contribution < -0.4 is 11.1 Å². The van der Waals surface area contributed by atoms with Crippen molar-refractivity contribution in [3.05, 3.63) is 29.3 Å². The minimum Gasteiger partial charge on any atom is -0.399 e. The zero-order valence-electron chi connectivity index (χ0n) is 8.21. The molecule has 74 valence electrons. The number of benzene rings is 1. The van der Waals surface area contributed by atoms with Gasteiger partial charge in [-0.15, -0.1) is 0 Å². The summed E-state index contributed by atoms with van der Waals surface area (Å²) in [6.07, 6.45) is 1.04. The number of nitrogens with one attached hydrogen (secondary N) is 1. The van der Waals surface area contributed by atoms with E-state index in [1.165, 1.54) is 0 Å². The fraction of sp³-hybridized carbons (Fsp3) is 0.364. The van der Waals surface area contributed by atoms with Gasteiger partial charge in [0, 0.05) is 23.7 Å². The van der Waals surface area contributed by atoms with Crippen molar-refractivity contribution in [1.29, 1.82) is 0 Å². The predicted octanol–water partition coefficient (Wildman–Crippen LogP) is 1.51. The average Bonchev–Trinajstić information content (AvgIpc) is 2.19. The highest BCUT2D eigenvalue weighted by molar-refractivity contribution is 5.97. The zero-order chi connectivity index (χ0) is 10.1. The molecule has 0 aromatic heterocycles. The Kier molecular flexibility index (Phi) is 2.15. The first-order valence-corrected chi connectivity index (χ1v) is 4.90. The first kappa shape index (κ1) is 9.06. The molecule has 0 fully saturated rings. The van der Waals surface area contributed by atoms with Gasteiger partial charge in [0.1, 0.15) is 0 Å². The van der Waals surface area contributed by atoms with Gasteiger partial charge in [-0.25, -0.2) is 0 Å². The molecule has 0 spiro atoms. The van der Waals surface area contributed by atoms with E-state index < -0.39 is 0 Å². The monoisotopic (exact) mass is 190 g/mol. The average molecular weight is 190 g/mol. The van der Waals surface area contributed by atoms with E-state index in [9.17, 15) is 4.79 Å². The Hall–Kier alpha value is -1.51. The van der Waals surface area contributed by atoms with Crippen LogP contribution in [-0.4, -0.2) is 12.5 Å². The second-order valence-corrected chi connectivity index (χ2v) is 3.66. The lowest BCUT2D eigenvalue weighted by molar-refractivity contribution is 0.0940. The van der Waals surface area contributed by atoms with Gasteiger partial charge in [-0.3, -0.25) is 4.79 Å². The Morgan fingerprint density at radius 2 is 2.36 bits per heavy atom.